The average Bonchev–Trinajstić information content (AvgIpc) is 2.74. The summed E-state index contributed by atoms with van der Waals surface area (Å²) < 4.78 is 5.82. The molecule has 28 heavy (non-hydrogen) atoms. The van der Waals surface area contributed by atoms with Crippen LogP contribution in [0.3, 0.4) is 0 Å². The van der Waals surface area contributed by atoms with Crippen molar-refractivity contribution < 1.29 is 9.53 Å². The number of nitrogens with zero attached hydrogens (tertiary/aromatic N) is 1. The first-order valence-electron chi connectivity index (χ1n) is 10.5. The van der Waals surface area contributed by atoms with E-state index < -0.39 is 0 Å². The SMILES string of the molecule is CCCC1CCC(C(=O)Oc2ccccc2CCc2ccc(C#N)cc2)CC1. The molecule has 2 aromatic rings. The molecule has 0 unspecified atom stereocenters. The number of rotatable bonds is 7. The molecule has 0 aliphatic heterocycles. The molecule has 1 aliphatic carbocycles. The summed E-state index contributed by atoms with van der Waals surface area (Å²) in [6.45, 7) is 2.23. The lowest BCUT2D eigenvalue weighted by Gasteiger charge is -2.27. The molecule has 0 atom stereocenters. The summed E-state index contributed by atoms with van der Waals surface area (Å²) in [4.78, 5) is 12.7. The van der Waals surface area contributed by atoms with Crippen LogP contribution in [-0.4, -0.2) is 5.97 Å². The van der Waals surface area contributed by atoms with Gasteiger partial charge in [0.1, 0.15) is 5.75 Å². The fourth-order valence-corrected chi connectivity index (χ4v) is 4.12. The summed E-state index contributed by atoms with van der Waals surface area (Å²) in [5.74, 6) is 1.45. The van der Waals surface area contributed by atoms with E-state index in [2.05, 4.69) is 13.0 Å². The van der Waals surface area contributed by atoms with Crippen LogP contribution in [0.4, 0.5) is 0 Å². The van der Waals surface area contributed by atoms with Crippen LogP contribution >= 0.6 is 0 Å². The van der Waals surface area contributed by atoms with E-state index in [0.29, 0.717) is 11.3 Å². The Bertz CT molecular complexity index is 811. The van der Waals surface area contributed by atoms with Gasteiger partial charge in [-0.1, -0.05) is 50.1 Å². The third-order valence-electron chi connectivity index (χ3n) is 5.83. The van der Waals surface area contributed by atoms with Gasteiger partial charge in [0.25, 0.3) is 0 Å². The van der Waals surface area contributed by atoms with Crippen LogP contribution < -0.4 is 4.74 Å². The van der Waals surface area contributed by atoms with Crippen LogP contribution in [0.5, 0.6) is 5.75 Å². The van der Waals surface area contributed by atoms with Crippen molar-refractivity contribution in [2.24, 2.45) is 11.8 Å². The van der Waals surface area contributed by atoms with Crippen molar-refractivity contribution in [2.75, 3.05) is 0 Å². The van der Waals surface area contributed by atoms with Gasteiger partial charge in [0.05, 0.1) is 17.6 Å². The molecule has 0 radical (unpaired) electrons. The molecule has 3 heteroatoms. The molecule has 1 fully saturated rings. The van der Waals surface area contributed by atoms with Crippen molar-refractivity contribution in [1.82, 2.24) is 0 Å². The van der Waals surface area contributed by atoms with Gasteiger partial charge in [-0.25, -0.2) is 0 Å². The number of para-hydroxylation sites is 1. The second kappa shape index (κ2) is 10.1. The maximum absolute atomic E-state index is 12.7. The highest BCUT2D eigenvalue weighted by Gasteiger charge is 2.27. The Hall–Kier alpha value is -2.60. The number of ether oxygens (including phenoxy) is 1. The first-order chi connectivity index (χ1) is 13.7. The van der Waals surface area contributed by atoms with E-state index in [4.69, 9.17) is 10.00 Å². The van der Waals surface area contributed by atoms with Crippen molar-refractivity contribution >= 4 is 5.97 Å². The maximum atomic E-state index is 12.7. The van der Waals surface area contributed by atoms with E-state index in [1.807, 2.05) is 48.5 Å². The Morgan fingerprint density at radius 1 is 1.04 bits per heavy atom. The second-order valence-electron chi connectivity index (χ2n) is 7.84. The monoisotopic (exact) mass is 375 g/mol. The lowest BCUT2D eigenvalue weighted by atomic mass is 9.80. The van der Waals surface area contributed by atoms with Crippen molar-refractivity contribution in [3.05, 3.63) is 65.2 Å². The smallest absolute Gasteiger partial charge is 0.314 e. The third kappa shape index (κ3) is 5.45. The number of nitriles is 1. The molecule has 1 saturated carbocycles. The Balaban J connectivity index is 1.57. The van der Waals surface area contributed by atoms with Crippen LogP contribution in [0.25, 0.3) is 0 Å². The quantitative estimate of drug-likeness (QED) is 0.450. The molecule has 2 aromatic carbocycles. The molecule has 146 valence electrons. The van der Waals surface area contributed by atoms with E-state index in [-0.39, 0.29) is 11.9 Å². The van der Waals surface area contributed by atoms with Gasteiger partial charge in [-0.3, -0.25) is 4.79 Å². The van der Waals surface area contributed by atoms with Crippen molar-refractivity contribution in [3.8, 4) is 11.8 Å². The van der Waals surface area contributed by atoms with E-state index >= 15 is 0 Å². The van der Waals surface area contributed by atoms with Crippen molar-refractivity contribution in [2.45, 2.75) is 58.3 Å². The highest BCUT2D eigenvalue weighted by molar-refractivity contribution is 5.75. The van der Waals surface area contributed by atoms with E-state index in [9.17, 15) is 4.79 Å². The minimum atomic E-state index is -0.0687. The molecule has 0 bridgehead atoms. The van der Waals surface area contributed by atoms with Crippen LogP contribution in [-0.2, 0) is 17.6 Å². The first-order valence-corrected chi connectivity index (χ1v) is 10.5. The summed E-state index contributed by atoms with van der Waals surface area (Å²) in [5.41, 5.74) is 2.90. The first kappa shape index (κ1) is 20.1. The molecule has 1 aliphatic rings. The van der Waals surface area contributed by atoms with Gasteiger partial charge >= 0.3 is 5.97 Å². The third-order valence-corrected chi connectivity index (χ3v) is 5.83. The Morgan fingerprint density at radius 3 is 2.43 bits per heavy atom. The van der Waals surface area contributed by atoms with Crippen molar-refractivity contribution in [1.29, 1.82) is 5.26 Å². The molecular weight excluding hydrogens is 346 g/mol. The van der Waals surface area contributed by atoms with Gasteiger partial charge in [0.15, 0.2) is 0 Å². The lowest BCUT2D eigenvalue weighted by Crippen LogP contribution is -2.26. The van der Waals surface area contributed by atoms with Crippen LogP contribution in [0.15, 0.2) is 48.5 Å². The standard InChI is InChI=1S/C25H29NO2/c1-2-5-19-13-16-23(17-14-19)25(27)28-24-7-4-3-6-22(24)15-12-20-8-10-21(18-26)11-9-20/h3-4,6-11,19,23H,2,5,12-17H2,1H3. The number of carbonyl (C=O) groups excluding carboxylic acids is 1. The van der Waals surface area contributed by atoms with Crippen molar-refractivity contribution in [3.63, 3.8) is 0 Å². The fourth-order valence-electron chi connectivity index (χ4n) is 4.12. The highest BCUT2D eigenvalue weighted by atomic mass is 16.5. The molecule has 0 amide bonds. The Morgan fingerprint density at radius 2 is 1.75 bits per heavy atom. The topological polar surface area (TPSA) is 50.1 Å². The molecule has 0 aromatic heterocycles. The number of carbonyl (C=O) groups is 1. The molecule has 0 saturated heterocycles. The molecule has 0 heterocycles. The fraction of sp³-hybridized carbons (Fsp3) is 0.440. The van der Waals surface area contributed by atoms with Crippen LogP contribution in [0.2, 0.25) is 0 Å². The molecule has 0 N–H and O–H groups in total. The Labute approximate surface area is 168 Å². The van der Waals surface area contributed by atoms with Gasteiger partial charge in [0.2, 0.25) is 0 Å². The van der Waals surface area contributed by atoms with E-state index in [1.54, 1.807) is 0 Å². The summed E-state index contributed by atoms with van der Waals surface area (Å²) in [7, 11) is 0. The zero-order chi connectivity index (χ0) is 19.8. The largest absolute Gasteiger partial charge is 0.426 e. The zero-order valence-corrected chi connectivity index (χ0v) is 16.7. The van der Waals surface area contributed by atoms with Gasteiger partial charge in [-0.2, -0.15) is 5.26 Å². The summed E-state index contributed by atoms with van der Waals surface area (Å²) in [5, 5.41) is 8.91. The summed E-state index contributed by atoms with van der Waals surface area (Å²) in [6.07, 6.45) is 8.36. The number of esters is 1. The number of aryl methyl sites for hydroxylation is 2. The zero-order valence-electron chi connectivity index (χ0n) is 16.7. The molecule has 3 rings (SSSR count). The second-order valence-corrected chi connectivity index (χ2v) is 7.84. The lowest BCUT2D eigenvalue weighted by molar-refractivity contribution is -0.140. The minimum Gasteiger partial charge on any atom is -0.426 e. The van der Waals surface area contributed by atoms with E-state index in [0.717, 1.165) is 50.0 Å². The highest BCUT2D eigenvalue weighted by Crippen LogP contribution is 2.33. The number of benzene rings is 2. The molecule has 0 spiro atoms. The molecular formula is C25H29NO2. The predicted octanol–water partition coefficient (Wildman–Crippen LogP) is 5.86. The number of hydrogen-bond acceptors (Lipinski definition) is 3. The normalized spacial score (nSPS) is 19.0. The van der Waals surface area contributed by atoms with E-state index in [1.165, 1.54) is 18.4 Å². The van der Waals surface area contributed by atoms with Gasteiger partial charge in [-0.15, -0.1) is 0 Å². The van der Waals surface area contributed by atoms with Gasteiger partial charge in [-0.05, 0) is 73.8 Å². The van der Waals surface area contributed by atoms with Crippen LogP contribution in [0, 0.1) is 23.2 Å². The Kier molecular flexibility index (Phi) is 7.25. The van der Waals surface area contributed by atoms with Gasteiger partial charge < -0.3 is 4.74 Å². The van der Waals surface area contributed by atoms with Gasteiger partial charge in [0, 0.05) is 0 Å². The number of hydrogen-bond donors (Lipinski definition) is 0. The minimum absolute atomic E-state index is 0.0414. The molecule has 3 nitrogen and oxygen atoms in total. The van der Waals surface area contributed by atoms with Crippen LogP contribution in [0.1, 0.15) is 62.1 Å². The average molecular weight is 376 g/mol. The maximum Gasteiger partial charge on any atom is 0.314 e. The predicted molar refractivity (Wildman–Crippen MR) is 111 cm³/mol. The summed E-state index contributed by atoms with van der Waals surface area (Å²) >= 11 is 0. The summed E-state index contributed by atoms with van der Waals surface area (Å²) in [6, 6.07) is 17.6.